The zero-order valence-corrected chi connectivity index (χ0v) is 13.9. The van der Waals surface area contributed by atoms with Crippen LogP contribution in [0.3, 0.4) is 0 Å². The van der Waals surface area contributed by atoms with Crippen LogP contribution in [0, 0.1) is 6.92 Å². The predicted octanol–water partition coefficient (Wildman–Crippen LogP) is 4.04. The molecule has 0 fully saturated rings. The number of nitrogens with one attached hydrogen (secondary N) is 1. The van der Waals surface area contributed by atoms with Crippen LogP contribution in [0.2, 0.25) is 0 Å². The molecule has 0 bridgehead atoms. The second-order valence-electron chi connectivity index (χ2n) is 5.39. The number of benzene rings is 1. The number of ether oxygens (including phenoxy) is 1. The van der Waals surface area contributed by atoms with Crippen LogP contribution < -0.4 is 10.1 Å². The second-order valence-corrected chi connectivity index (χ2v) is 5.39. The molecule has 0 aliphatic heterocycles. The van der Waals surface area contributed by atoms with Gasteiger partial charge in [0.2, 0.25) is 0 Å². The molecule has 2 rings (SSSR count). The molecule has 0 saturated heterocycles. The van der Waals surface area contributed by atoms with E-state index in [0.717, 1.165) is 6.07 Å². The molecule has 0 aliphatic carbocycles. The lowest BCUT2D eigenvalue weighted by molar-refractivity contribution is -0.153. The summed E-state index contributed by atoms with van der Waals surface area (Å²) in [7, 11) is 0. The zero-order valence-electron chi connectivity index (χ0n) is 13.9. The first-order chi connectivity index (χ1) is 12.1. The Morgan fingerprint density at radius 3 is 2.54 bits per heavy atom. The Kier molecular flexibility index (Phi) is 5.59. The molecule has 9 heteroatoms. The van der Waals surface area contributed by atoms with E-state index < -0.39 is 24.7 Å². The number of hydrogen-bond acceptors (Lipinski definition) is 4. The van der Waals surface area contributed by atoms with Gasteiger partial charge in [-0.05, 0) is 19.1 Å². The van der Waals surface area contributed by atoms with E-state index in [9.17, 15) is 22.8 Å². The number of rotatable bonds is 6. The molecule has 2 aromatic rings. The summed E-state index contributed by atoms with van der Waals surface area (Å²) < 4.78 is 46.8. The molecule has 0 radical (unpaired) electrons. The van der Waals surface area contributed by atoms with Crippen LogP contribution in [0.15, 0.2) is 28.7 Å². The maximum absolute atomic E-state index is 12.3. The van der Waals surface area contributed by atoms with Crippen LogP contribution in [0.5, 0.6) is 5.75 Å². The molecule has 1 aromatic heterocycles. The Morgan fingerprint density at radius 1 is 1.31 bits per heavy atom. The van der Waals surface area contributed by atoms with Crippen molar-refractivity contribution in [2.24, 2.45) is 0 Å². The summed E-state index contributed by atoms with van der Waals surface area (Å²) in [5.41, 5.74) is 0.406. The molecule has 6 nitrogen and oxygen atoms in total. The van der Waals surface area contributed by atoms with Crippen molar-refractivity contribution < 1.29 is 37.0 Å². The minimum absolute atomic E-state index is 0.0277. The molecule has 0 spiro atoms. The van der Waals surface area contributed by atoms with E-state index in [1.165, 1.54) is 25.1 Å². The molecule has 0 saturated carbocycles. The molecule has 1 aromatic carbocycles. The highest BCUT2D eigenvalue weighted by Gasteiger charge is 2.29. The van der Waals surface area contributed by atoms with Gasteiger partial charge in [-0.2, -0.15) is 13.2 Å². The minimum Gasteiger partial charge on any atom is -0.484 e. The summed E-state index contributed by atoms with van der Waals surface area (Å²) in [5.74, 6) is -2.02. The molecule has 26 heavy (non-hydrogen) atoms. The average Bonchev–Trinajstić information content (AvgIpc) is 2.99. The highest BCUT2D eigenvalue weighted by atomic mass is 19.4. The molecule has 2 N–H and O–H groups in total. The molecule has 0 aliphatic rings. The van der Waals surface area contributed by atoms with E-state index in [4.69, 9.17) is 14.3 Å². The van der Waals surface area contributed by atoms with Crippen molar-refractivity contribution in [3.63, 3.8) is 0 Å². The Labute approximate surface area is 146 Å². The summed E-state index contributed by atoms with van der Waals surface area (Å²) in [6.07, 6.45) is -4.20. The number of carbonyl (C=O) groups is 2. The number of amides is 1. The largest absolute Gasteiger partial charge is 0.484 e. The normalized spacial score (nSPS) is 11.3. The van der Waals surface area contributed by atoms with Crippen molar-refractivity contribution in [2.45, 2.75) is 26.4 Å². The van der Waals surface area contributed by atoms with Crippen molar-refractivity contribution in [3.8, 4) is 5.75 Å². The van der Waals surface area contributed by atoms with E-state index in [-0.39, 0.29) is 34.9 Å². The van der Waals surface area contributed by atoms with Crippen LogP contribution in [0.1, 0.15) is 39.2 Å². The minimum atomic E-state index is -4.48. The Balaban J connectivity index is 2.20. The van der Waals surface area contributed by atoms with Crippen LogP contribution in [0.25, 0.3) is 0 Å². The fourth-order valence-corrected chi connectivity index (χ4v) is 2.23. The maximum Gasteiger partial charge on any atom is 0.422 e. The Bertz CT molecular complexity index is 826. The second kappa shape index (κ2) is 7.51. The summed E-state index contributed by atoms with van der Waals surface area (Å²) in [4.78, 5) is 23.4. The number of aromatic carboxylic acids is 1. The number of carboxylic acids is 1. The summed E-state index contributed by atoms with van der Waals surface area (Å²) in [6, 6.07) is 5.36. The lowest BCUT2D eigenvalue weighted by atomic mass is 10.1. The van der Waals surface area contributed by atoms with Gasteiger partial charge in [0.15, 0.2) is 12.4 Å². The fraction of sp³-hybridized carbons (Fsp3) is 0.294. The van der Waals surface area contributed by atoms with Gasteiger partial charge in [-0.1, -0.05) is 13.0 Å². The van der Waals surface area contributed by atoms with Crippen molar-refractivity contribution >= 4 is 17.6 Å². The first kappa shape index (κ1) is 19.4. The number of alkyl halides is 3. The zero-order chi connectivity index (χ0) is 19.5. The summed E-state index contributed by atoms with van der Waals surface area (Å²) >= 11 is 0. The lowest BCUT2D eigenvalue weighted by Crippen LogP contribution is -2.20. The van der Waals surface area contributed by atoms with Crippen LogP contribution in [-0.2, 0) is 6.42 Å². The number of halogens is 3. The van der Waals surface area contributed by atoms with Crippen LogP contribution >= 0.6 is 0 Å². The van der Waals surface area contributed by atoms with E-state index in [1.54, 1.807) is 6.92 Å². The van der Waals surface area contributed by atoms with Crippen molar-refractivity contribution in [3.05, 3.63) is 46.9 Å². The number of anilines is 1. The van der Waals surface area contributed by atoms with Gasteiger partial charge in [0.05, 0.1) is 0 Å². The topological polar surface area (TPSA) is 88.8 Å². The summed E-state index contributed by atoms with van der Waals surface area (Å²) in [6.45, 7) is 1.72. The highest BCUT2D eigenvalue weighted by Crippen LogP contribution is 2.28. The smallest absolute Gasteiger partial charge is 0.422 e. The quantitative estimate of drug-likeness (QED) is 0.800. The average molecular weight is 371 g/mol. The van der Waals surface area contributed by atoms with Crippen LogP contribution in [-0.4, -0.2) is 29.8 Å². The lowest BCUT2D eigenvalue weighted by Gasteiger charge is -2.14. The number of furan rings is 1. The molecule has 140 valence electrons. The number of aryl methyl sites for hydroxylation is 1. The maximum atomic E-state index is 12.3. The third kappa shape index (κ3) is 4.56. The fourth-order valence-electron chi connectivity index (χ4n) is 2.23. The van der Waals surface area contributed by atoms with Crippen molar-refractivity contribution in [2.75, 3.05) is 11.9 Å². The van der Waals surface area contributed by atoms with E-state index in [0.29, 0.717) is 5.56 Å². The van der Waals surface area contributed by atoms with Crippen molar-refractivity contribution in [1.29, 1.82) is 0 Å². The standard InChI is InChI=1S/C17H16F3NO5/c1-3-12-10(16(23)24)7-14(26-12)15(22)21-11-5-4-6-13(9(11)2)25-8-17(18,19)20/h4-7H,3,8H2,1-2H3,(H,21,22)(H,23,24). The predicted molar refractivity (Wildman–Crippen MR) is 85.7 cm³/mol. The number of hydrogen-bond donors (Lipinski definition) is 2. The molecule has 1 amide bonds. The van der Waals surface area contributed by atoms with Gasteiger partial charge in [-0.25, -0.2) is 4.79 Å². The van der Waals surface area contributed by atoms with Gasteiger partial charge < -0.3 is 19.6 Å². The first-order valence-corrected chi connectivity index (χ1v) is 7.59. The van der Waals surface area contributed by atoms with Crippen molar-refractivity contribution in [1.82, 2.24) is 0 Å². The third-order valence-corrected chi connectivity index (χ3v) is 3.51. The van der Waals surface area contributed by atoms with Gasteiger partial charge in [-0.15, -0.1) is 0 Å². The van der Waals surface area contributed by atoms with Crippen LogP contribution in [0.4, 0.5) is 18.9 Å². The highest BCUT2D eigenvalue weighted by molar-refractivity contribution is 6.04. The summed E-state index contributed by atoms with van der Waals surface area (Å²) in [5, 5.41) is 11.6. The van der Waals surface area contributed by atoms with E-state index >= 15 is 0 Å². The SMILES string of the molecule is CCc1oc(C(=O)Nc2cccc(OCC(F)(F)F)c2C)cc1C(=O)O. The molecule has 0 unspecified atom stereocenters. The number of carboxylic acid groups (broad SMARTS) is 1. The molecule has 0 atom stereocenters. The van der Waals surface area contributed by atoms with Gasteiger partial charge in [-0.3, -0.25) is 4.79 Å². The van der Waals surface area contributed by atoms with Gasteiger partial charge in [0, 0.05) is 23.7 Å². The van der Waals surface area contributed by atoms with Gasteiger partial charge in [0.1, 0.15) is 17.1 Å². The number of carbonyl (C=O) groups excluding carboxylic acids is 1. The molecular weight excluding hydrogens is 355 g/mol. The van der Waals surface area contributed by atoms with Gasteiger partial charge in [0.25, 0.3) is 5.91 Å². The molecule has 1 heterocycles. The monoisotopic (exact) mass is 371 g/mol. The van der Waals surface area contributed by atoms with E-state index in [1.807, 2.05) is 0 Å². The van der Waals surface area contributed by atoms with Gasteiger partial charge >= 0.3 is 12.1 Å². The third-order valence-electron chi connectivity index (χ3n) is 3.51. The first-order valence-electron chi connectivity index (χ1n) is 7.59. The Hall–Kier alpha value is -2.97. The molecular formula is C17H16F3NO5. The Morgan fingerprint density at radius 2 is 2.00 bits per heavy atom. The van der Waals surface area contributed by atoms with E-state index in [2.05, 4.69) is 5.32 Å².